The number of nitro benzene ring substituents is 1. The number of hydrogen-bond acceptors (Lipinski definition) is 4. The molecule has 0 N–H and O–H groups in total. The Bertz CT molecular complexity index is 400. The Morgan fingerprint density at radius 1 is 1.53 bits per heavy atom. The Morgan fingerprint density at radius 2 is 2.20 bits per heavy atom. The van der Waals surface area contributed by atoms with Crippen LogP contribution in [0.3, 0.4) is 0 Å². The molecular weight excluding hydrogens is 198 g/mol. The van der Waals surface area contributed by atoms with Crippen molar-refractivity contribution < 1.29 is 14.5 Å². The summed E-state index contributed by atoms with van der Waals surface area (Å²) in [6.45, 7) is 3.29. The fourth-order valence-electron chi connectivity index (χ4n) is 1.05. The second kappa shape index (κ2) is 4.54. The molecule has 0 unspecified atom stereocenters. The molecule has 0 aliphatic heterocycles. The number of nitrogens with zero attached hydrogens (tertiary/aromatic N) is 1. The summed E-state index contributed by atoms with van der Waals surface area (Å²) in [5.74, 6) is -0.202. The van der Waals surface area contributed by atoms with Crippen LogP contribution < -0.4 is 4.74 Å². The third-order valence-electron chi connectivity index (χ3n) is 1.90. The van der Waals surface area contributed by atoms with Gasteiger partial charge in [-0.25, -0.2) is 0 Å². The van der Waals surface area contributed by atoms with Gasteiger partial charge in [0.2, 0.25) is 0 Å². The Labute approximate surface area is 86.8 Å². The molecule has 0 spiro atoms. The molecule has 80 valence electrons. The molecule has 0 amide bonds. The van der Waals surface area contributed by atoms with Gasteiger partial charge in [-0.1, -0.05) is 6.92 Å². The zero-order valence-corrected chi connectivity index (χ0v) is 8.52. The lowest BCUT2D eigenvalue weighted by atomic mass is 10.2. The third-order valence-corrected chi connectivity index (χ3v) is 1.90. The van der Waals surface area contributed by atoms with Crippen LogP contribution in [-0.2, 0) is 4.79 Å². The van der Waals surface area contributed by atoms with Crippen LogP contribution in [0, 0.1) is 17.0 Å². The minimum atomic E-state index is -0.501. The molecule has 1 rings (SSSR count). The number of nitro groups is 1. The highest BCUT2D eigenvalue weighted by Crippen LogP contribution is 2.23. The van der Waals surface area contributed by atoms with E-state index in [-0.39, 0.29) is 17.9 Å². The van der Waals surface area contributed by atoms with Crippen molar-refractivity contribution in [1.29, 1.82) is 0 Å². The van der Waals surface area contributed by atoms with E-state index in [0.717, 1.165) is 0 Å². The monoisotopic (exact) mass is 209 g/mol. The van der Waals surface area contributed by atoms with Crippen molar-refractivity contribution in [3.63, 3.8) is 0 Å². The van der Waals surface area contributed by atoms with E-state index in [0.29, 0.717) is 5.56 Å². The first-order valence-corrected chi connectivity index (χ1v) is 4.50. The summed E-state index contributed by atoms with van der Waals surface area (Å²) in [5.41, 5.74) is 0.493. The van der Waals surface area contributed by atoms with E-state index < -0.39 is 10.9 Å². The smallest absolute Gasteiger partial charge is 0.310 e. The summed E-state index contributed by atoms with van der Waals surface area (Å²) in [4.78, 5) is 21.0. The fraction of sp³-hybridized carbons (Fsp3) is 0.300. The lowest BCUT2D eigenvalue weighted by Gasteiger charge is -2.03. The summed E-state index contributed by atoms with van der Waals surface area (Å²) in [6.07, 6.45) is 0.238. The molecule has 1 aromatic rings. The summed E-state index contributed by atoms with van der Waals surface area (Å²) < 4.78 is 4.87. The molecule has 5 heteroatoms. The van der Waals surface area contributed by atoms with Crippen LogP contribution in [0.1, 0.15) is 18.9 Å². The summed E-state index contributed by atoms with van der Waals surface area (Å²) in [5, 5.41) is 10.6. The molecule has 15 heavy (non-hydrogen) atoms. The van der Waals surface area contributed by atoms with Gasteiger partial charge in [0, 0.05) is 12.0 Å². The van der Waals surface area contributed by atoms with E-state index in [9.17, 15) is 14.9 Å². The molecule has 0 fully saturated rings. The van der Waals surface area contributed by atoms with Crippen LogP contribution in [0.2, 0.25) is 0 Å². The quantitative estimate of drug-likeness (QED) is 0.331. The van der Waals surface area contributed by atoms with Crippen molar-refractivity contribution in [2.75, 3.05) is 0 Å². The first-order valence-electron chi connectivity index (χ1n) is 4.50. The van der Waals surface area contributed by atoms with Crippen LogP contribution in [0.5, 0.6) is 5.75 Å². The average molecular weight is 209 g/mol. The lowest BCUT2D eigenvalue weighted by molar-refractivity contribution is -0.385. The van der Waals surface area contributed by atoms with E-state index in [1.807, 2.05) is 0 Å². The largest absolute Gasteiger partial charge is 0.426 e. The van der Waals surface area contributed by atoms with Gasteiger partial charge in [0.1, 0.15) is 5.75 Å². The predicted molar refractivity (Wildman–Crippen MR) is 53.8 cm³/mol. The SMILES string of the molecule is CCC(=O)Oc1ccc(C)c([N+](=O)[O-])c1. The number of aryl methyl sites for hydroxylation is 1. The Kier molecular flexibility index (Phi) is 3.38. The number of carbonyl (C=O) groups is 1. The highest BCUT2D eigenvalue weighted by molar-refractivity contribution is 5.72. The van der Waals surface area contributed by atoms with Crippen LogP contribution >= 0.6 is 0 Å². The molecule has 0 heterocycles. The maximum Gasteiger partial charge on any atom is 0.310 e. The number of benzene rings is 1. The number of rotatable bonds is 3. The summed E-state index contributed by atoms with van der Waals surface area (Å²) >= 11 is 0. The van der Waals surface area contributed by atoms with Crippen molar-refractivity contribution in [3.05, 3.63) is 33.9 Å². The van der Waals surface area contributed by atoms with Gasteiger partial charge in [0.15, 0.2) is 0 Å². The van der Waals surface area contributed by atoms with Gasteiger partial charge >= 0.3 is 5.97 Å². The topological polar surface area (TPSA) is 69.4 Å². The van der Waals surface area contributed by atoms with Gasteiger partial charge in [0.05, 0.1) is 11.0 Å². The first-order chi connectivity index (χ1) is 7.04. The molecular formula is C10H11NO4. The highest BCUT2D eigenvalue weighted by Gasteiger charge is 2.12. The van der Waals surface area contributed by atoms with E-state index in [4.69, 9.17) is 4.74 Å². The Balaban J connectivity index is 2.97. The van der Waals surface area contributed by atoms with E-state index in [1.165, 1.54) is 12.1 Å². The predicted octanol–water partition coefficient (Wildman–Crippen LogP) is 2.22. The minimum Gasteiger partial charge on any atom is -0.426 e. The number of ether oxygens (including phenoxy) is 1. The summed E-state index contributed by atoms with van der Waals surface area (Å²) in [6, 6.07) is 4.34. The molecule has 5 nitrogen and oxygen atoms in total. The highest BCUT2D eigenvalue weighted by atomic mass is 16.6. The first kappa shape index (κ1) is 11.2. The lowest BCUT2D eigenvalue weighted by Crippen LogP contribution is -2.05. The van der Waals surface area contributed by atoms with E-state index in [2.05, 4.69) is 0 Å². The maximum absolute atomic E-state index is 11.0. The van der Waals surface area contributed by atoms with Crippen LogP contribution in [0.25, 0.3) is 0 Å². The number of hydrogen-bond donors (Lipinski definition) is 0. The Morgan fingerprint density at radius 3 is 2.73 bits per heavy atom. The average Bonchev–Trinajstić information content (AvgIpc) is 2.20. The van der Waals surface area contributed by atoms with Gasteiger partial charge in [0.25, 0.3) is 5.69 Å². The van der Waals surface area contributed by atoms with Crippen LogP contribution in [0.15, 0.2) is 18.2 Å². The van der Waals surface area contributed by atoms with Gasteiger partial charge < -0.3 is 4.74 Å². The second-order valence-corrected chi connectivity index (χ2v) is 3.03. The van der Waals surface area contributed by atoms with Gasteiger partial charge in [-0.05, 0) is 19.1 Å². The van der Waals surface area contributed by atoms with Crippen molar-refractivity contribution >= 4 is 11.7 Å². The van der Waals surface area contributed by atoms with Crippen molar-refractivity contribution in [2.24, 2.45) is 0 Å². The van der Waals surface area contributed by atoms with E-state index >= 15 is 0 Å². The zero-order valence-electron chi connectivity index (χ0n) is 8.52. The maximum atomic E-state index is 11.0. The molecule has 0 atom stereocenters. The molecule has 0 saturated heterocycles. The molecule has 0 aliphatic rings. The number of esters is 1. The molecule has 0 bridgehead atoms. The minimum absolute atomic E-state index is 0.0450. The van der Waals surface area contributed by atoms with Crippen molar-refractivity contribution in [2.45, 2.75) is 20.3 Å². The fourth-order valence-corrected chi connectivity index (χ4v) is 1.05. The van der Waals surface area contributed by atoms with E-state index in [1.54, 1.807) is 19.9 Å². The molecule has 0 aliphatic carbocycles. The zero-order chi connectivity index (χ0) is 11.4. The van der Waals surface area contributed by atoms with Gasteiger partial charge in [-0.15, -0.1) is 0 Å². The second-order valence-electron chi connectivity index (χ2n) is 3.03. The van der Waals surface area contributed by atoms with Crippen molar-refractivity contribution in [3.8, 4) is 5.75 Å². The molecule has 0 radical (unpaired) electrons. The third kappa shape index (κ3) is 2.77. The molecule has 1 aromatic carbocycles. The summed E-state index contributed by atoms with van der Waals surface area (Å²) in [7, 11) is 0. The normalized spacial score (nSPS) is 9.73. The standard InChI is InChI=1S/C10H11NO4/c1-3-10(12)15-8-5-4-7(2)9(6-8)11(13)14/h4-6H,3H2,1-2H3. The molecule has 0 aromatic heterocycles. The van der Waals surface area contributed by atoms with Crippen molar-refractivity contribution in [1.82, 2.24) is 0 Å². The van der Waals surface area contributed by atoms with Crippen LogP contribution in [-0.4, -0.2) is 10.9 Å². The van der Waals surface area contributed by atoms with Gasteiger partial charge in [-0.3, -0.25) is 14.9 Å². The Hall–Kier alpha value is -1.91. The van der Waals surface area contributed by atoms with Crippen LogP contribution in [0.4, 0.5) is 5.69 Å². The molecule has 0 saturated carbocycles. The van der Waals surface area contributed by atoms with Gasteiger partial charge in [-0.2, -0.15) is 0 Å². The number of carbonyl (C=O) groups excluding carboxylic acids is 1.